The number of carbonyl (C=O) groups is 2. The lowest BCUT2D eigenvalue weighted by molar-refractivity contribution is -0.139. The molecule has 22 heavy (non-hydrogen) atoms. The first kappa shape index (κ1) is 18.4. The SMILES string of the molecule is COC(=O)Cc1cccc(NC(=O)[C@@H]2CC[C@H](CN)O2)c1.Cl. The van der Waals surface area contributed by atoms with E-state index in [1.165, 1.54) is 7.11 Å². The standard InChI is InChI=1S/C15H20N2O4.ClH/c1-20-14(18)8-10-3-2-4-11(7-10)17-15(19)13-6-5-12(9-16)21-13;/h2-4,7,12-13H,5-6,8-9,16H2,1H3,(H,17,19);1H/t12-,13+;/m1./s1. The van der Waals surface area contributed by atoms with E-state index in [-0.39, 0.29) is 36.8 Å². The lowest BCUT2D eigenvalue weighted by Gasteiger charge is -2.13. The molecule has 7 heteroatoms. The first-order chi connectivity index (χ1) is 10.1. The number of halogens is 1. The van der Waals surface area contributed by atoms with Gasteiger partial charge in [-0.3, -0.25) is 9.59 Å². The number of carbonyl (C=O) groups excluding carboxylic acids is 2. The Hall–Kier alpha value is -1.63. The molecule has 1 aliphatic heterocycles. The molecule has 1 heterocycles. The highest BCUT2D eigenvalue weighted by atomic mass is 35.5. The van der Waals surface area contributed by atoms with Crippen LogP contribution in [0.2, 0.25) is 0 Å². The molecule has 2 rings (SSSR count). The van der Waals surface area contributed by atoms with Gasteiger partial charge in [0.25, 0.3) is 5.91 Å². The second kappa shape index (κ2) is 8.73. The van der Waals surface area contributed by atoms with E-state index < -0.39 is 6.10 Å². The zero-order chi connectivity index (χ0) is 15.2. The van der Waals surface area contributed by atoms with Crippen molar-refractivity contribution in [2.75, 3.05) is 19.0 Å². The fourth-order valence-corrected chi connectivity index (χ4v) is 2.29. The molecule has 0 aromatic heterocycles. The predicted octanol–water partition coefficient (Wildman–Crippen LogP) is 1.27. The van der Waals surface area contributed by atoms with Gasteiger partial charge in [-0.25, -0.2) is 0 Å². The molecular weight excluding hydrogens is 308 g/mol. The second-order valence-corrected chi connectivity index (χ2v) is 5.00. The lowest BCUT2D eigenvalue weighted by atomic mass is 10.1. The molecule has 2 atom stereocenters. The fourth-order valence-electron chi connectivity index (χ4n) is 2.29. The number of esters is 1. The Morgan fingerprint density at radius 2 is 2.18 bits per heavy atom. The van der Waals surface area contributed by atoms with Crippen LogP contribution in [0.5, 0.6) is 0 Å². The van der Waals surface area contributed by atoms with Crippen LogP contribution in [0, 0.1) is 0 Å². The number of nitrogens with two attached hydrogens (primary N) is 1. The Morgan fingerprint density at radius 3 is 2.82 bits per heavy atom. The minimum atomic E-state index is -0.456. The molecule has 1 saturated heterocycles. The minimum absolute atomic E-state index is 0. The number of methoxy groups -OCH3 is 1. The van der Waals surface area contributed by atoms with E-state index in [0.717, 1.165) is 12.0 Å². The van der Waals surface area contributed by atoms with Crippen LogP contribution >= 0.6 is 12.4 Å². The molecule has 0 unspecified atom stereocenters. The van der Waals surface area contributed by atoms with Gasteiger partial charge in [0, 0.05) is 12.2 Å². The summed E-state index contributed by atoms with van der Waals surface area (Å²) in [5.74, 6) is -0.496. The number of hydrogen-bond donors (Lipinski definition) is 2. The van der Waals surface area contributed by atoms with Gasteiger partial charge >= 0.3 is 5.97 Å². The molecule has 122 valence electrons. The molecule has 0 saturated carbocycles. The molecule has 1 amide bonds. The van der Waals surface area contributed by atoms with Crippen LogP contribution in [-0.4, -0.2) is 37.7 Å². The Labute approximate surface area is 135 Å². The summed E-state index contributed by atoms with van der Waals surface area (Å²) in [5, 5.41) is 2.80. The largest absolute Gasteiger partial charge is 0.469 e. The number of amides is 1. The smallest absolute Gasteiger partial charge is 0.309 e. The van der Waals surface area contributed by atoms with E-state index in [2.05, 4.69) is 10.1 Å². The van der Waals surface area contributed by atoms with Gasteiger partial charge in [0.1, 0.15) is 6.10 Å². The monoisotopic (exact) mass is 328 g/mol. The van der Waals surface area contributed by atoms with Crippen molar-refractivity contribution in [2.24, 2.45) is 5.73 Å². The van der Waals surface area contributed by atoms with Crippen molar-refractivity contribution in [2.45, 2.75) is 31.5 Å². The maximum Gasteiger partial charge on any atom is 0.309 e. The molecule has 6 nitrogen and oxygen atoms in total. The van der Waals surface area contributed by atoms with Crippen molar-refractivity contribution >= 4 is 30.0 Å². The van der Waals surface area contributed by atoms with Gasteiger partial charge < -0.3 is 20.5 Å². The molecule has 1 fully saturated rings. The van der Waals surface area contributed by atoms with Crippen molar-refractivity contribution in [3.05, 3.63) is 29.8 Å². The van der Waals surface area contributed by atoms with Crippen molar-refractivity contribution in [3.63, 3.8) is 0 Å². The highest BCUT2D eigenvalue weighted by molar-refractivity contribution is 5.94. The minimum Gasteiger partial charge on any atom is -0.469 e. The van der Waals surface area contributed by atoms with Gasteiger partial charge in [-0.15, -0.1) is 12.4 Å². The molecule has 0 spiro atoms. The summed E-state index contributed by atoms with van der Waals surface area (Å²) < 4.78 is 10.2. The summed E-state index contributed by atoms with van der Waals surface area (Å²) in [5.41, 5.74) is 6.95. The summed E-state index contributed by atoms with van der Waals surface area (Å²) >= 11 is 0. The average molecular weight is 329 g/mol. The quantitative estimate of drug-likeness (QED) is 0.794. The van der Waals surface area contributed by atoms with Gasteiger partial charge in [-0.2, -0.15) is 0 Å². The third kappa shape index (κ3) is 4.98. The van der Waals surface area contributed by atoms with Crippen LogP contribution in [0.3, 0.4) is 0 Å². The maximum atomic E-state index is 12.1. The summed E-state index contributed by atoms with van der Waals surface area (Å²) in [6, 6.07) is 7.12. The number of hydrogen-bond acceptors (Lipinski definition) is 5. The van der Waals surface area contributed by atoms with Crippen LogP contribution in [0.1, 0.15) is 18.4 Å². The molecule has 0 bridgehead atoms. The Kier molecular flexibility index (Phi) is 7.31. The number of benzene rings is 1. The number of anilines is 1. The van der Waals surface area contributed by atoms with Crippen LogP contribution in [-0.2, 0) is 25.5 Å². The van der Waals surface area contributed by atoms with Crippen molar-refractivity contribution in [3.8, 4) is 0 Å². The molecule has 0 aliphatic carbocycles. The third-order valence-electron chi connectivity index (χ3n) is 3.43. The Balaban J connectivity index is 0.00000242. The van der Waals surface area contributed by atoms with E-state index in [9.17, 15) is 9.59 Å². The zero-order valence-electron chi connectivity index (χ0n) is 12.4. The Bertz CT molecular complexity index is 524. The molecular formula is C15H21ClN2O4. The first-order valence-corrected chi connectivity index (χ1v) is 6.94. The summed E-state index contributed by atoms with van der Waals surface area (Å²) in [7, 11) is 1.35. The highest BCUT2D eigenvalue weighted by Gasteiger charge is 2.29. The van der Waals surface area contributed by atoms with Gasteiger partial charge in [0.2, 0.25) is 0 Å². The van der Waals surface area contributed by atoms with Crippen LogP contribution in [0.4, 0.5) is 5.69 Å². The number of nitrogens with one attached hydrogen (secondary N) is 1. The summed E-state index contributed by atoms with van der Waals surface area (Å²) in [4.78, 5) is 23.3. The number of ether oxygens (including phenoxy) is 2. The summed E-state index contributed by atoms with van der Waals surface area (Å²) in [6.07, 6.45) is 1.16. The molecule has 1 aromatic carbocycles. The van der Waals surface area contributed by atoms with E-state index in [1.54, 1.807) is 18.2 Å². The van der Waals surface area contributed by atoms with Crippen LogP contribution < -0.4 is 11.1 Å². The van der Waals surface area contributed by atoms with Crippen LogP contribution in [0.25, 0.3) is 0 Å². The van der Waals surface area contributed by atoms with E-state index in [0.29, 0.717) is 18.7 Å². The van der Waals surface area contributed by atoms with Crippen LogP contribution in [0.15, 0.2) is 24.3 Å². The Morgan fingerprint density at radius 1 is 1.41 bits per heavy atom. The molecule has 1 aliphatic rings. The molecule has 3 N–H and O–H groups in total. The van der Waals surface area contributed by atoms with Crippen molar-refractivity contribution < 1.29 is 19.1 Å². The normalized spacial score (nSPS) is 20.1. The summed E-state index contributed by atoms with van der Waals surface area (Å²) in [6.45, 7) is 0.429. The van der Waals surface area contributed by atoms with E-state index in [4.69, 9.17) is 10.5 Å². The van der Waals surface area contributed by atoms with Gasteiger partial charge in [-0.1, -0.05) is 12.1 Å². The predicted molar refractivity (Wildman–Crippen MR) is 85.0 cm³/mol. The second-order valence-electron chi connectivity index (χ2n) is 5.00. The fraction of sp³-hybridized carbons (Fsp3) is 0.467. The number of rotatable bonds is 5. The van der Waals surface area contributed by atoms with Gasteiger partial charge in [0.05, 0.1) is 19.6 Å². The van der Waals surface area contributed by atoms with Gasteiger partial charge in [-0.05, 0) is 30.5 Å². The maximum absolute atomic E-state index is 12.1. The van der Waals surface area contributed by atoms with Crippen molar-refractivity contribution in [1.29, 1.82) is 0 Å². The zero-order valence-corrected chi connectivity index (χ0v) is 13.2. The third-order valence-corrected chi connectivity index (χ3v) is 3.43. The molecule has 1 aromatic rings. The lowest BCUT2D eigenvalue weighted by Crippen LogP contribution is -2.29. The van der Waals surface area contributed by atoms with Gasteiger partial charge in [0.15, 0.2) is 0 Å². The topological polar surface area (TPSA) is 90.7 Å². The van der Waals surface area contributed by atoms with E-state index >= 15 is 0 Å². The highest BCUT2D eigenvalue weighted by Crippen LogP contribution is 2.21. The average Bonchev–Trinajstić information content (AvgIpc) is 2.96. The first-order valence-electron chi connectivity index (χ1n) is 6.94. The van der Waals surface area contributed by atoms with Crippen molar-refractivity contribution in [1.82, 2.24) is 0 Å². The van der Waals surface area contributed by atoms with E-state index in [1.807, 2.05) is 6.07 Å². The molecule has 0 radical (unpaired) electrons.